The van der Waals surface area contributed by atoms with E-state index in [0.717, 1.165) is 16.7 Å². The van der Waals surface area contributed by atoms with E-state index < -0.39 is 91.8 Å². The Balaban J connectivity index is 1.26. The third-order valence-electron chi connectivity index (χ3n) is 12.0. The van der Waals surface area contributed by atoms with Crippen molar-refractivity contribution in [1.82, 2.24) is 10.6 Å². The normalized spacial score (nSPS) is 17.1. The lowest BCUT2D eigenvalue weighted by molar-refractivity contribution is -0.162. The molecule has 374 valence electrons. The molecule has 16 nitrogen and oxygen atoms in total. The summed E-state index contributed by atoms with van der Waals surface area (Å²) in [5.74, 6) is -2.62. The van der Waals surface area contributed by atoms with Gasteiger partial charge in [-0.25, -0.2) is 0 Å². The average Bonchev–Trinajstić information content (AvgIpc) is 3.62. The second kappa shape index (κ2) is 23.3. The SMILES string of the molecule is C/C(=C\C(=O)N[C@H]1CCc2cccc3c2N(C1=O)[C@H](C(=O)N[C@@H](CCC(N)=O)[C@@H](C)OCc1ccc(C(C)C)cc1)C3)c1ccc(CP(=O)(OCOC(=O)C(C)(C)C)OCOC(=O)C(C)(C)C)cc1. The number of carbonyl (C=O) groups excluding carboxylic acids is 6. The van der Waals surface area contributed by atoms with Gasteiger partial charge in [-0.05, 0) is 120 Å². The van der Waals surface area contributed by atoms with Gasteiger partial charge in [0.05, 0.1) is 41.4 Å². The maximum absolute atomic E-state index is 14.5. The Morgan fingerprint density at radius 3 is 1.99 bits per heavy atom. The molecule has 0 bridgehead atoms. The summed E-state index contributed by atoms with van der Waals surface area (Å²) in [6, 6.07) is 18.2. The number of nitrogens with one attached hydrogen (secondary N) is 2. The predicted octanol–water partition coefficient (Wildman–Crippen LogP) is 7.78. The number of para-hydroxylation sites is 1. The fraction of sp³-hybridized carbons (Fsp3) is 0.500. The van der Waals surface area contributed by atoms with E-state index in [1.807, 2.05) is 37.3 Å². The molecule has 0 saturated carbocycles. The van der Waals surface area contributed by atoms with Gasteiger partial charge in [0.25, 0.3) is 0 Å². The van der Waals surface area contributed by atoms with Crippen LogP contribution < -0.4 is 21.3 Å². The minimum Gasteiger partial charge on any atom is -0.438 e. The number of carbonyl (C=O) groups is 6. The molecule has 2 aliphatic heterocycles. The lowest BCUT2D eigenvalue weighted by atomic mass is 9.98. The second-order valence-electron chi connectivity index (χ2n) is 20.1. The number of ether oxygens (including phenoxy) is 3. The number of anilines is 1. The Labute approximate surface area is 405 Å². The lowest BCUT2D eigenvalue weighted by Gasteiger charge is -2.31. The number of hydrogen-bond donors (Lipinski definition) is 3. The smallest absolute Gasteiger partial charge is 0.340 e. The van der Waals surface area contributed by atoms with E-state index >= 15 is 0 Å². The van der Waals surface area contributed by atoms with Gasteiger partial charge >= 0.3 is 19.5 Å². The Morgan fingerprint density at radius 1 is 0.841 bits per heavy atom. The highest BCUT2D eigenvalue weighted by atomic mass is 31.2. The molecule has 3 aromatic carbocycles. The molecule has 2 aliphatic rings. The molecule has 4 amide bonds. The van der Waals surface area contributed by atoms with Crippen molar-refractivity contribution in [2.75, 3.05) is 18.5 Å². The standard InChI is InChI=1S/C52H69N4O12P/c1-32(2)37-18-14-35(15-19-37)28-64-34(4)41(24-25-44(53)57)55-47(59)43-27-40-13-11-12-39-22-23-42(48(60)56(43)46(39)40)54-45(58)26-33(3)38-20-16-36(17-21-38)29-69(63,67-30-65-49(61)51(5,6)7)68-31-66-50(62)52(8,9)10/h11-21,26,32,34,41-43H,22-25,27-31H2,1-10H3,(H2,53,57)(H,54,58)(H,55,59)/b33-26+/t34-,41+,42+,43+/m1/s1. The number of allylic oxidation sites excluding steroid dienone is 1. The molecule has 5 rings (SSSR count). The van der Waals surface area contributed by atoms with Crippen molar-refractivity contribution in [3.8, 4) is 0 Å². The van der Waals surface area contributed by atoms with Crippen molar-refractivity contribution in [2.24, 2.45) is 16.6 Å². The van der Waals surface area contributed by atoms with Gasteiger partial charge in [-0.2, -0.15) is 0 Å². The highest BCUT2D eigenvalue weighted by molar-refractivity contribution is 7.53. The van der Waals surface area contributed by atoms with Crippen LogP contribution in [0.25, 0.3) is 5.57 Å². The maximum atomic E-state index is 14.5. The van der Waals surface area contributed by atoms with Gasteiger partial charge in [0, 0.05) is 18.9 Å². The van der Waals surface area contributed by atoms with Gasteiger partial charge in [0.2, 0.25) is 37.2 Å². The number of aryl methyl sites for hydroxylation is 1. The molecule has 0 aliphatic carbocycles. The zero-order chi connectivity index (χ0) is 50.8. The van der Waals surface area contributed by atoms with Crippen LogP contribution in [-0.4, -0.2) is 73.4 Å². The molecule has 0 radical (unpaired) electrons. The molecule has 17 heteroatoms. The van der Waals surface area contributed by atoms with Crippen LogP contribution in [0.3, 0.4) is 0 Å². The molecule has 0 saturated heterocycles. The van der Waals surface area contributed by atoms with Crippen LogP contribution in [-0.2, 0) is 82.2 Å². The van der Waals surface area contributed by atoms with Gasteiger partial charge < -0.3 is 30.6 Å². The first-order valence-corrected chi connectivity index (χ1v) is 25.1. The highest BCUT2D eigenvalue weighted by Crippen LogP contribution is 2.51. The summed E-state index contributed by atoms with van der Waals surface area (Å²) in [4.78, 5) is 80.5. The van der Waals surface area contributed by atoms with Gasteiger partial charge in [-0.1, -0.05) is 80.6 Å². The number of amides is 4. The number of primary amides is 1. The molecule has 69 heavy (non-hydrogen) atoms. The predicted molar refractivity (Wildman–Crippen MR) is 261 cm³/mol. The fourth-order valence-electron chi connectivity index (χ4n) is 7.79. The van der Waals surface area contributed by atoms with Crippen molar-refractivity contribution in [3.63, 3.8) is 0 Å². The fourth-order valence-corrected chi connectivity index (χ4v) is 9.13. The first-order chi connectivity index (χ1) is 32.3. The minimum atomic E-state index is -4.04. The molecule has 0 spiro atoms. The van der Waals surface area contributed by atoms with Crippen LogP contribution in [0.5, 0.6) is 0 Å². The number of esters is 2. The number of benzene rings is 3. The Morgan fingerprint density at radius 2 is 1.42 bits per heavy atom. The average molecular weight is 973 g/mol. The van der Waals surface area contributed by atoms with E-state index in [0.29, 0.717) is 47.8 Å². The molecule has 4 atom stereocenters. The van der Waals surface area contributed by atoms with Gasteiger partial charge in [0.15, 0.2) is 0 Å². The topological polar surface area (TPSA) is 219 Å². The minimum absolute atomic E-state index is 0.0203. The largest absolute Gasteiger partial charge is 0.438 e. The number of rotatable bonds is 21. The molecule has 2 heterocycles. The number of nitrogens with zero attached hydrogens (tertiary/aromatic N) is 1. The van der Waals surface area contributed by atoms with E-state index in [1.165, 1.54) is 16.5 Å². The first kappa shape index (κ1) is 54.3. The van der Waals surface area contributed by atoms with E-state index in [9.17, 15) is 33.3 Å². The van der Waals surface area contributed by atoms with Crippen LogP contribution in [0.1, 0.15) is 128 Å². The van der Waals surface area contributed by atoms with Gasteiger partial charge in [-0.15, -0.1) is 0 Å². The number of nitrogens with two attached hydrogens (primary N) is 1. The van der Waals surface area contributed by atoms with E-state index in [2.05, 4.69) is 36.6 Å². The monoisotopic (exact) mass is 972 g/mol. The highest BCUT2D eigenvalue weighted by Gasteiger charge is 2.44. The summed E-state index contributed by atoms with van der Waals surface area (Å²) in [6.45, 7) is 16.8. The molecule has 4 N–H and O–H groups in total. The summed E-state index contributed by atoms with van der Waals surface area (Å²) in [5, 5.41) is 5.97. The second-order valence-corrected chi connectivity index (χ2v) is 22.2. The Hall–Kier alpha value is -5.67. The third kappa shape index (κ3) is 15.2. The molecular formula is C52H69N4O12P. The van der Waals surface area contributed by atoms with Crippen LogP contribution in [0.15, 0.2) is 72.8 Å². The van der Waals surface area contributed by atoms with E-state index in [1.54, 1.807) is 72.7 Å². The van der Waals surface area contributed by atoms with Crippen LogP contribution in [0.4, 0.5) is 5.69 Å². The Bertz CT molecular complexity index is 2380. The lowest BCUT2D eigenvalue weighted by Crippen LogP contribution is -2.56. The van der Waals surface area contributed by atoms with Crippen molar-refractivity contribution < 1.29 is 56.6 Å². The zero-order valence-corrected chi connectivity index (χ0v) is 42.4. The van der Waals surface area contributed by atoms with Crippen LogP contribution >= 0.6 is 7.60 Å². The third-order valence-corrected chi connectivity index (χ3v) is 13.8. The van der Waals surface area contributed by atoms with Crippen molar-refractivity contribution in [1.29, 1.82) is 0 Å². The van der Waals surface area contributed by atoms with Gasteiger partial charge in [0.1, 0.15) is 12.1 Å². The summed E-state index contributed by atoms with van der Waals surface area (Å²) in [7, 11) is -4.04. The van der Waals surface area contributed by atoms with E-state index in [4.69, 9.17) is 29.0 Å². The van der Waals surface area contributed by atoms with Crippen molar-refractivity contribution >= 4 is 54.4 Å². The summed E-state index contributed by atoms with van der Waals surface area (Å²) in [6.07, 6.45) is 1.92. The molecule has 0 aromatic heterocycles. The summed E-state index contributed by atoms with van der Waals surface area (Å²) < 4.78 is 41.4. The number of hydrogen-bond acceptors (Lipinski definition) is 12. The molecule has 0 unspecified atom stereocenters. The zero-order valence-electron chi connectivity index (χ0n) is 41.5. The summed E-state index contributed by atoms with van der Waals surface area (Å²) in [5.41, 5.74) is 10.2. The van der Waals surface area contributed by atoms with E-state index in [-0.39, 0.29) is 25.4 Å². The van der Waals surface area contributed by atoms with Gasteiger partial charge in [-0.3, -0.25) is 47.3 Å². The summed E-state index contributed by atoms with van der Waals surface area (Å²) >= 11 is 0. The quantitative estimate of drug-likeness (QED) is 0.0404. The molecule has 0 fully saturated rings. The molecule has 3 aromatic rings. The Kier molecular flexibility index (Phi) is 18.3. The van der Waals surface area contributed by atoms with Crippen LogP contribution in [0, 0.1) is 10.8 Å². The first-order valence-electron chi connectivity index (χ1n) is 23.4. The van der Waals surface area contributed by atoms with Crippen molar-refractivity contribution in [2.45, 2.75) is 144 Å². The molecular weight excluding hydrogens is 904 g/mol. The van der Waals surface area contributed by atoms with Crippen LogP contribution in [0.2, 0.25) is 0 Å². The maximum Gasteiger partial charge on any atom is 0.340 e. The van der Waals surface area contributed by atoms with Crippen molar-refractivity contribution in [3.05, 3.63) is 106 Å².